The van der Waals surface area contributed by atoms with E-state index in [1.165, 1.54) is 128 Å². The Morgan fingerprint density at radius 3 is 0.826 bits per heavy atom. The Balaban J connectivity index is 5.27. The average Bonchev–Trinajstić information content (AvgIpc) is 3.67. The van der Waals surface area contributed by atoms with Gasteiger partial charge in [-0.15, -0.1) is 0 Å². The lowest BCUT2D eigenvalue weighted by molar-refractivity contribution is -0.161. The van der Waals surface area contributed by atoms with E-state index in [9.17, 15) is 43.2 Å². The third kappa shape index (κ3) is 59.7. The normalized spacial score (nSPS) is 14.7. The van der Waals surface area contributed by atoms with Crippen molar-refractivity contribution in [2.45, 2.75) is 343 Å². The van der Waals surface area contributed by atoms with Crippen LogP contribution >= 0.6 is 15.6 Å². The van der Waals surface area contributed by atoms with Crippen LogP contribution in [0.2, 0.25) is 0 Å². The zero-order chi connectivity index (χ0) is 63.9. The number of hydrogen-bond acceptors (Lipinski definition) is 15. The average molecular weight is 1270 g/mol. The highest BCUT2D eigenvalue weighted by Gasteiger charge is 2.30. The van der Waals surface area contributed by atoms with Gasteiger partial charge in [0.2, 0.25) is 0 Å². The van der Waals surface area contributed by atoms with Crippen LogP contribution in [-0.4, -0.2) is 96.7 Å². The molecule has 0 heterocycles. The molecule has 17 nitrogen and oxygen atoms in total. The van der Waals surface area contributed by atoms with Crippen LogP contribution in [0.3, 0.4) is 0 Å². The highest BCUT2D eigenvalue weighted by Crippen LogP contribution is 2.45. The van der Waals surface area contributed by atoms with Gasteiger partial charge < -0.3 is 33.8 Å². The minimum Gasteiger partial charge on any atom is -0.462 e. The molecule has 0 aliphatic carbocycles. The monoisotopic (exact) mass is 1270 g/mol. The lowest BCUT2D eigenvalue weighted by Crippen LogP contribution is -2.30. The fraction of sp³-hybridized carbons (Fsp3) is 0.940. The molecule has 0 rings (SSSR count). The Morgan fingerprint density at radius 2 is 0.558 bits per heavy atom. The van der Waals surface area contributed by atoms with Crippen molar-refractivity contribution in [3.8, 4) is 0 Å². The summed E-state index contributed by atoms with van der Waals surface area (Å²) in [5.41, 5.74) is 0. The molecule has 86 heavy (non-hydrogen) atoms. The van der Waals surface area contributed by atoms with Crippen molar-refractivity contribution in [1.29, 1.82) is 0 Å². The van der Waals surface area contributed by atoms with E-state index in [4.69, 9.17) is 37.0 Å². The molecule has 510 valence electrons. The van der Waals surface area contributed by atoms with Gasteiger partial charge in [-0.3, -0.25) is 37.3 Å². The highest BCUT2D eigenvalue weighted by atomic mass is 31.2. The molecule has 0 aliphatic rings. The molecule has 3 N–H and O–H groups in total. The second-order valence-electron chi connectivity index (χ2n) is 25.9. The largest absolute Gasteiger partial charge is 0.472 e. The van der Waals surface area contributed by atoms with Gasteiger partial charge in [-0.2, -0.15) is 0 Å². The van der Waals surface area contributed by atoms with Crippen molar-refractivity contribution >= 4 is 39.5 Å². The van der Waals surface area contributed by atoms with Crippen molar-refractivity contribution in [1.82, 2.24) is 0 Å². The Labute approximate surface area is 524 Å². The number of aliphatic hydroxyl groups excluding tert-OH is 1. The molecule has 0 aromatic rings. The molecule has 0 aliphatic heterocycles. The number of rotatable bonds is 64. The summed E-state index contributed by atoms with van der Waals surface area (Å²) in [5.74, 6) is 0.821. The summed E-state index contributed by atoms with van der Waals surface area (Å²) in [6, 6.07) is 0. The number of ether oxygens (including phenoxy) is 4. The molecule has 0 bridgehead atoms. The topological polar surface area (TPSA) is 237 Å². The lowest BCUT2D eigenvalue weighted by Gasteiger charge is -2.21. The van der Waals surface area contributed by atoms with E-state index >= 15 is 0 Å². The Hall–Kier alpha value is -1.94. The number of carbonyl (C=O) groups is 4. The first kappa shape index (κ1) is 84.1. The van der Waals surface area contributed by atoms with Gasteiger partial charge in [0.15, 0.2) is 12.2 Å². The third-order valence-electron chi connectivity index (χ3n) is 15.7. The van der Waals surface area contributed by atoms with Gasteiger partial charge in [0.05, 0.1) is 26.4 Å². The maximum absolute atomic E-state index is 13.0. The van der Waals surface area contributed by atoms with Gasteiger partial charge in [0, 0.05) is 25.7 Å². The first-order valence-corrected chi connectivity index (χ1v) is 37.7. The quantitative estimate of drug-likeness (QED) is 0.0222. The van der Waals surface area contributed by atoms with Crippen molar-refractivity contribution in [2.24, 2.45) is 23.7 Å². The van der Waals surface area contributed by atoms with Crippen LogP contribution in [0.5, 0.6) is 0 Å². The van der Waals surface area contributed by atoms with Crippen LogP contribution < -0.4 is 0 Å². The molecule has 0 spiro atoms. The van der Waals surface area contributed by atoms with E-state index in [0.717, 1.165) is 114 Å². The maximum Gasteiger partial charge on any atom is 0.472 e. The first-order chi connectivity index (χ1) is 41.1. The molecule has 0 saturated carbocycles. The van der Waals surface area contributed by atoms with Crippen LogP contribution in [0.25, 0.3) is 0 Å². The Morgan fingerprint density at radius 1 is 0.326 bits per heavy atom. The Bertz CT molecular complexity index is 1720. The fourth-order valence-corrected chi connectivity index (χ4v) is 11.5. The van der Waals surface area contributed by atoms with E-state index in [1.807, 2.05) is 0 Å². The maximum atomic E-state index is 13.0. The summed E-state index contributed by atoms with van der Waals surface area (Å²) in [4.78, 5) is 72.4. The second kappa shape index (κ2) is 57.0. The van der Waals surface area contributed by atoms with Crippen LogP contribution in [0.15, 0.2) is 0 Å². The summed E-state index contributed by atoms with van der Waals surface area (Å²) >= 11 is 0. The van der Waals surface area contributed by atoms with Crippen LogP contribution in [0, 0.1) is 23.7 Å². The molecule has 0 aromatic carbocycles. The number of esters is 4. The first-order valence-electron chi connectivity index (χ1n) is 34.7. The van der Waals surface area contributed by atoms with E-state index in [2.05, 4.69) is 55.4 Å². The predicted molar refractivity (Wildman–Crippen MR) is 344 cm³/mol. The van der Waals surface area contributed by atoms with Crippen molar-refractivity contribution in [2.75, 3.05) is 39.6 Å². The van der Waals surface area contributed by atoms with Crippen molar-refractivity contribution < 1.29 is 80.2 Å². The van der Waals surface area contributed by atoms with Gasteiger partial charge in [-0.1, -0.05) is 274 Å². The number of aliphatic hydroxyl groups is 1. The van der Waals surface area contributed by atoms with Crippen molar-refractivity contribution in [3.05, 3.63) is 0 Å². The summed E-state index contributed by atoms with van der Waals surface area (Å²) in [6.45, 7) is 14.0. The highest BCUT2D eigenvalue weighted by molar-refractivity contribution is 7.47. The van der Waals surface area contributed by atoms with E-state index in [-0.39, 0.29) is 25.7 Å². The number of carbonyl (C=O) groups excluding carboxylic acids is 4. The minimum absolute atomic E-state index is 0.103. The molecule has 0 fully saturated rings. The third-order valence-corrected chi connectivity index (χ3v) is 17.6. The number of hydrogen-bond donors (Lipinski definition) is 3. The van der Waals surface area contributed by atoms with E-state index in [1.54, 1.807) is 0 Å². The van der Waals surface area contributed by atoms with Gasteiger partial charge in [-0.25, -0.2) is 9.13 Å². The van der Waals surface area contributed by atoms with Gasteiger partial charge >= 0.3 is 39.5 Å². The van der Waals surface area contributed by atoms with E-state index < -0.39 is 97.5 Å². The lowest BCUT2D eigenvalue weighted by atomic mass is 9.99. The molecule has 0 amide bonds. The summed E-state index contributed by atoms with van der Waals surface area (Å²) < 4.78 is 68.1. The van der Waals surface area contributed by atoms with Crippen LogP contribution in [0.4, 0.5) is 0 Å². The number of phosphoric acid groups is 2. The zero-order valence-corrected chi connectivity index (χ0v) is 57.7. The Kier molecular flexibility index (Phi) is 55.7. The van der Waals surface area contributed by atoms with Crippen LogP contribution in [0.1, 0.15) is 325 Å². The summed E-state index contributed by atoms with van der Waals surface area (Å²) in [6.07, 6.45) is 37.6. The van der Waals surface area contributed by atoms with Crippen LogP contribution in [-0.2, 0) is 65.4 Å². The van der Waals surface area contributed by atoms with E-state index in [0.29, 0.717) is 25.7 Å². The van der Waals surface area contributed by atoms with Gasteiger partial charge in [-0.05, 0) is 49.4 Å². The summed E-state index contributed by atoms with van der Waals surface area (Å²) in [7, 11) is -9.90. The van der Waals surface area contributed by atoms with Gasteiger partial charge in [0.25, 0.3) is 0 Å². The second-order valence-corrected chi connectivity index (χ2v) is 28.8. The molecule has 0 radical (unpaired) electrons. The molecule has 0 saturated heterocycles. The van der Waals surface area contributed by atoms with Gasteiger partial charge in [0.1, 0.15) is 19.3 Å². The smallest absolute Gasteiger partial charge is 0.462 e. The fourth-order valence-electron chi connectivity index (χ4n) is 9.93. The zero-order valence-electron chi connectivity index (χ0n) is 55.9. The SMILES string of the molecule is CCC(C)CCCCCCCCCCC(=O)O[C@H](COC(=O)CCCCCCCCCCCC(C)C)COP(=O)(O)OCC(O)COP(=O)(O)OC[C@@H](COC(=O)CCCCCCCCCCC(C)C)OC(=O)CCCCCCCCCCC(C)C. The number of phosphoric ester groups is 2. The molecule has 0 aromatic heterocycles. The standard InChI is InChI=1S/C67H130O17P2/c1-9-60(8)46-38-30-22-15-18-26-34-42-50-67(72)84-62(53-77-64(69)47-39-31-23-12-10-11-19-27-35-43-57(2)3)55-81-85(73,74)79-51-61(68)52-80-86(75,76)82-56-63(83-66(71)49-41-33-25-17-14-21-29-37-45-59(6)7)54-78-65(70)48-40-32-24-16-13-20-28-36-44-58(4)5/h57-63,68H,9-56H2,1-8H3,(H,73,74)(H,75,76)/t60?,61?,62-,63-/m1/s1. The summed E-state index contributed by atoms with van der Waals surface area (Å²) in [5, 5.41) is 10.6. The minimum atomic E-state index is -4.95. The molecule has 6 atom stereocenters. The molecular weight excluding hydrogens is 1140 g/mol. The molecule has 4 unspecified atom stereocenters. The molecular formula is C67H130O17P2. The van der Waals surface area contributed by atoms with Crippen molar-refractivity contribution in [3.63, 3.8) is 0 Å². The molecule has 19 heteroatoms. The number of unbranched alkanes of at least 4 members (excludes halogenated alkanes) is 29. The predicted octanol–water partition coefficient (Wildman–Crippen LogP) is 18.5.